The van der Waals surface area contributed by atoms with Crippen molar-refractivity contribution in [1.29, 1.82) is 0 Å². The Bertz CT molecular complexity index is 214. The molecule has 2 atom stereocenters. The topological polar surface area (TPSA) is 29.5 Å². The van der Waals surface area contributed by atoms with Crippen LogP contribution in [-0.2, 0) is 4.74 Å². The maximum atomic E-state index is 9.24. The van der Waals surface area contributed by atoms with Gasteiger partial charge in [0.15, 0.2) is 0 Å². The van der Waals surface area contributed by atoms with Crippen LogP contribution < -0.4 is 0 Å². The van der Waals surface area contributed by atoms with Crippen LogP contribution in [0.4, 0.5) is 0 Å². The highest BCUT2D eigenvalue weighted by Crippen LogP contribution is 2.38. The Morgan fingerprint density at radius 1 is 1.53 bits per heavy atom. The van der Waals surface area contributed by atoms with Crippen molar-refractivity contribution in [2.75, 3.05) is 13.2 Å². The van der Waals surface area contributed by atoms with Crippen molar-refractivity contribution in [3.8, 4) is 0 Å². The lowest BCUT2D eigenvalue weighted by molar-refractivity contribution is 0.0809. The Morgan fingerprint density at radius 3 is 2.53 bits per heavy atom. The maximum absolute atomic E-state index is 9.24. The molecule has 0 aromatic heterocycles. The number of alkyl halides is 1. The van der Waals surface area contributed by atoms with Crippen molar-refractivity contribution in [2.24, 2.45) is 10.8 Å². The molecule has 1 rings (SSSR count). The van der Waals surface area contributed by atoms with E-state index in [9.17, 15) is 5.11 Å². The molecule has 0 unspecified atom stereocenters. The SMILES string of the molecule is CC(C)(CO)C[C@@H](I)[C@H]1CC(C)(C)CO1. The molecule has 1 aliphatic heterocycles. The molecule has 1 aliphatic rings. The Labute approximate surface area is 107 Å². The molecule has 1 N–H and O–H groups in total. The van der Waals surface area contributed by atoms with Gasteiger partial charge in [-0.2, -0.15) is 0 Å². The smallest absolute Gasteiger partial charge is 0.0699 e. The minimum absolute atomic E-state index is 0.0158. The normalized spacial score (nSPS) is 28.0. The summed E-state index contributed by atoms with van der Waals surface area (Å²) in [5, 5.41) is 9.24. The summed E-state index contributed by atoms with van der Waals surface area (Å²) < 4.78 is 6.34. The van der Waals surface area contributed by atoms with Gasteiger partial charge in [0.25, 0.3) is 0 Å². The van der Waals surface area contributed by atoms with Crippen LogP contribution in [0.25, 0.3) is 0 Å². The maximum Gasteiger partial charge on any atom is 0.0699 e. The summed E-state index contributed by atoms with van der Waals surface area (Å²) in [5.41, 5.74) is 0.347. The highest BCUT2D eigenvalue weighted by molar-refractivity contribution is 14.1. The van der Waals surface area contributed by atoms with E-state index in [1.54, 1.807) is 0 Å². The molecule has 15 heavy (non-hydrogen) atoms. The number of rotatable bonds is 4. The fraction of sp³-hybridized carbons (Fsp3) is 1.00. The average molecular weight is 326 g/mol. The van der Waals surface area contributed by atoms with E-state index in [2.05, 4.69) is 50.3 Å². The third-order valence-electron chi connectivity index (χ3n) is 3.02. The zero-order valence-corrected chi connectivity index (χ0v) is 12.4. The molecule has 0 bridgehead atoms. The third-order valence-corrected chi connectivity index (χ3v) is 4.26. The molecule has 0 amide bonds. The number of hydrogen-bond donors (Lipinski definition) is 1. The predicted molar refractivity (Wildman–Crippen MR) is 71.4 cm³/mol. The lowest BCUT2D eigenvalue weighted by Crippen LogP contribution is -2.28. The van der Waals surface area contributed by atoms with E-state index in [0.717, 1.165) is 19.4 Å². The van der Waals surface area contributed by atoms with Crippen molar-refractivity contribution in [2.45, 2.75) is 50.6 Å². The van der Waals surface area contributed by atoms with E-state index >= 15 is 0 Å². The van der Waals surface area contributed by atoms with E-state index in [1.807, 2.05) is 0 Å². The second kappa shape index (κ2) is 4.88. The van der Waals surface area contributed by atoms with E-state index in [-0.39, 0.29) is 12.0 Å². The molecular weight excluding hydrogens is 303 g/mol. The van der Waals surface area contributed by atoms with E-state index in [4.69, 9.17) is 4.74 Å². The van der Waals surface area contributed by atoms with E-state index in [0.29, 0.717) is 15.4 Å². The van der Waals surface area contributed by atoms with Crippen LogP contribution in [0.3, 0.4) is 0 Å². The first kappa shape index (κ1) is 13.7. The predicted octanol–water partition coefficient (Wildman–Crippen LogP) is 3.01. The van der Waals surface area contributed by atoms with Crippen LogP contribution in [0.15, 0.2) is 0 Å². The standard InChI is InChI=1S/C12H23IO2/c1-11(2,7-14)5-9(13)10-6-12(3,4)8-15-10/h9-10,14H,5-8H2,1-4H3/t9-,10-/m1/s1. The van der Waals surface area contributed by atoms with Gasteiger partial charge in [0.2, 0.25) is 0 Å². The van der Waals surface area contributed by atoms with Gasteiger partial charge in [-0.3, -0.25) is 0 Å². The highest BCUT2D eigenvalue weighted by Gasteiger charge is 2.37. The Kier molecular flexibility index (Phi) is 4.46. The molecule has 1 fully saturated rings. The minimum atomic E-state index is 0.0158. The summed E-state index contributed by atoms with van der Waals surface area (Å²) >= 11 is 2.47. The van der Waals surface area contributed by atoms with Crippen LogP contribution in [0, 0.1) is 10.8 Å². The fourth-order valence-corrected chi connectivity index (χ4v) is 3.61. The second-order valence-corrected chi connectivity index (χ2v) is 7.86. The molecule has 0 aromatic rings. The van der Waals surface area contributed by atoms with Gasteiger partial charge in [-0.25, -0.2) is 0 Å². The molecule has 1 saturated heterocycles. The second-order valence-electron chi connectivity index (χ2n) is 6.26. The molecule has 1 heterocycles. The highest BCUT2D eigenvalue weighted by atomic mass is 127. The molecule has 0 aliphatic carbocycles. The first-order valence-corrected chi connectivity index (χ1v) is 6.87. The van der Waals surface area contributed by atoms with Crippen molar-refractivity contribution in [3.05, 3.63) is 0 Å². The summed E-state index contributed by atoms with van der Waals surface area (Å²) in [4.78, 5) is 0. The third kappa shape index (κ3) is 4.19. The Balaban J connectivity index is 2.45. The van der Waals surface area contributed by atoms with Crippen LogP contribution in [0.2, 0.25) is 0 Å². The Morgan fingerprint density at radius 2 is 2.13 bits per heavy atom. The molecule has 0 radical (unpaired) electrons. The van der Waals surface area contributed by atoms with E-state index in [1.165, 1.54) is 0 Å². The zero-order chi connectivity index (χ0) is 11.7. The van der Waals surface area contributed by atoms with Gasteiger partial charge in [0.1, 0.15) is 0 Å². The first-order chi connectivity index (χ1) is 6.76. The van der Waals surface area contributed by atoms with Crippen molar-refractivity contribution >= 4 is 22.6 Å². The van der Waals surface area contributed by atoms with Crippen molar-refractivity contribution in [3.63, 3.8) is 0 Å². The molecule has 3 heteroatoms. The van der Waals surface area contributed by atoms with Gasteiger partial charge >= 0.3 is 0 Å². The van der Waals surface area contributed by atoms with E-state index < -0.39 is 0 Å². The summed E-state index contributed by atoms with van der Waals surface area (Å²) in [6.07, 6.45) is 2.53. The van der Waals surface area contributed by atoms with Gasteiger partial charge in [0, 0.05) is 10.5 Å². The average Bonchev–Trinajstić information content (AvgIpc) is 2.45. The minimum Gasteiger partial charge on any atom is -0.396 e. The number of aliphatic hydroxyl groups excluding tert-OH is 1. The van der Waals surface area contributed by atoms with Gasteiger partial charge in [-0.15, -0.1) is 0 Å². The number of ether oxygens (including phenoxy) is 1. The molecule has 0 aromatic carbocycles. The molecule has 2 nitrogen and oxygen atoms in total. The monoisotopic (exact) mass is 326 g/mol. The lowest BCUT2D eigenvalue weighted by Gasteiger charge is -2.27. The number of halogens is 1. The van der Waals surface area contributed by atoms with Gasteiger partial charge in [0.05, 0.1) is 12.7 Å². The summed E-state index contributed by atoms with van der Waals surface area (Å²) in [5.74, 6) is 0. The lowest BCUT2D eigenvalue weighted by atomic mass is 9.84. The van der Waals surface area contributed by atoms with Crippen LogP contribution in [0.1, 0.15) is 40.5 Å². The van der Waals surface area contributed by atoms with Gasteiger partial charge < -0.3 is 9.84 Å². The van der Waals surface area contributed by atoms with Gasteiger partial charge in [-0.05, 0) is 23.7 Å². The molecular formula is C12H23IO2. The molecule has 0 spiro atoms. The quantitative estimate of drug-likeness (QED) is 0.636. The first-order valence-electron chi connectivity index (χ1n) is 5.62. The van der Waals surface area contributed by atoms with Crippen LogP contribution >= 0.6 is 22.6 Å². The van der Waals surface area contributed by atoms with Crippen molar-refractivity contribution < 1.29 is 9.84 Å². The Hall–Kier alpha value is 0.650. The fourth-order valence-electron chi connectivity index (χ4n) is 1.95. The molecule has 0 saturated carbocycles. The summed E-state index contributed by atoms with van der Waals surface area (Å²) in [7, 11) is 0. The van der Waals surface area contributed by atoms with Crippen LogP contribution in [-0.4, -0.2) is 28.3 Å². The number of aliphatic hydroxyl groups is 1. The zero-order valence-electron chi connectivity index (χ0n) is 10.2. The van der Waals surface area contributed by atoms with Crippen LogP contribution in [0.5, 0.6) is 0 Å². The number of hydrogen-bond acceptors (Lipinski definition) is 2. The summed E-state index contributed by atoms with van der Waals surface area (Å²) in [6, 6.07) is 0. The van der Waals surface area contributed by atoms with Crippen molar-refractivity contribution in [1.82, 2.24) is 0 Å². The molecule has 90 valence electrons. The summed E-state index contributed by atoms with van der Waals surface area (Å²) in [6.45, 7) is 9.86. The largest absolute Gasteiger partial charge is 0.396 e. The van der Waals surface area contributed by atoms with Gasteiger partial charge in [-0.1, -0.05) is 50.3 Å².